The number of nitrogens with zero attached hydrogens (tertiary/aromatic N) is 2. The average Bonchev–Trinajstić information content (AvgIpc) is 3.38. The molecule has 2 N–H and O–H groups in total. The lowest BCUT2D eigenvalue weighted by Crippen LogP contribution is -2.15. The fourth-order valence-corrected chi connectivity index (χ4v) is 2.90. The van der Waals surface area contributed by atoms with Crippen molar-refractivity contribution in [1.82, 2.24) is 9.97 Å². The molecule has 2 aromatic heterocycles. The molecule has 3 aromatic rings. The second-order valence-electron chi connectivity index (χ2n) is 6.10. The second-order valence-corrected chi connectivity index (χ2v) is 6.10. The quantitative estimate of drug-likeness (QED) is 0.763. The molecule has 1 aliphatic rings. The number of hydrogen-bond acceptors (Lipinski definition) is 4. The molecule has 4 rings (SSSR count). The van der Waals surface area contributed by atoms with Crippen molar-refractivity contribution >= 4 is 28.3 Å². The summed E-state index contributed by atoms with van der Waals surface area (Å²) >= 11 is 0. The summed E-state index contributed by atoms with van der Waals surface area (Å²) in [5, 5.41) is 7.54. The number of fused-ring (bicyclic) bond motifs is 1. The van der Waals surface area contributed by atoms with Gasteiger partial charge in [0.2, 0.25) is 5.91 Å². The molecule has 126 valence electrons. The molecule has 6 heteroatoms. The Morgan fingerprint density at radius 3 is 2.60 bits per heavy atom. The first kappa shape index (κ1) is 15.5. The molecular formula is C19H17FN4O. The van der Waals surface area contributed by atoms with Crippen molar-refractivity contribution in [2.75, 3.05) is 17.7 Å². The summed E-state index contributed by atoms with van der Waals surface area (Å²) in [6.45, 7) is 0. The van der Waals surface area contributed by atoms with Crippen LogP contribution in [0.1, 0.15) is 6.42 Å². The van der Waals surface area contributed by atoms with Crippen LogP contribution in [0, 0.1) is 5.92 Å². The predicted octanol–water partition coefficient (Wildman–Crippen LogP) is 3.64. The summed E-state index contributed by atoms with van der Waals surface area (Å²) in [6.07, 6.45) is 2.74. The van der Waals surface area contributed by atoms with E-state index >= 15 is 0 Å². The average molecular weight is 336 g/mol. The number of hydrogen-bond donors (Lipinski definition) is 2. The molecule has 0 spiro atoms. The standard InChI is InChI=1S/C19H17FN4O/c1-21-18-15-10-22-17(24-19(25)13-7-16(13)20)8-12(15)14(9-23-18)11-5-3-2-4-6-11/h2-6,8-10,13,16H,7H2,1H3,(H,21,23)(H,22,24,25). The van der Waals surface area contributed by atoms with Gasteiger partial charge in [0.15, 0.2) is 0 Å². The molecular weight excluding hydrogens is 319 g/mol. The first-order chi connectivity index (χ1) is 12.2. The van der Waals surface area contributed by atoms with Gasteiger partial charge in [0.25, 0.3) is 0 Å². The highest BCUT2D eigenvalue weighted by Gasteiger charge is 2.43. The zero-order valence-electron chi connectivity index (χ0n) is 13.7. The van der Waals surface area contributed by atoms with Crippen LogP contribution >= 0.6 is 0 Å². The number of carbonyl (C=O) groups excluding carboxylic acids is 1. The summed E-state index contributed by atoms with van der Waals surface area (Å²) in [5.41, 5.74) is 1.97. The minimum atomic E-state index is -1.03. The maximum absolute atomic E-state index is 13.1. The van der Waals surface area contributed by atoms with E-state index in [1.54, 1.807) is 19.4 Å². The van der Waals surface area contributed by atoms with E-state index in [0.717, 1.165) is 21.9 Å². The third-order valence-electron chi connectivity index (χ3n) is 4.39. The van der Waals surface area contributed by atoms with Gasteiger partial charge >= 0.3 is 0 Å². The zero-order chi connectivity index (χ0) is 17.4. The molecule has 1 aliphatic carbocycles. The normalized spacial score (nSPS) is 18.8. The maximum atomic E-state index is 13.1. The number of carbonyl (C=O) groups is 1. The largest absolute Gasteiger partial charge is 0.373 e. The van der Waals surface area contributed by atoms with Crippen LogP contribution in [0.2, 0.25) is 0 Å². The third-order valence-corrected chi connectivity index (χ3v) is 4.39. The van der Waals surface area contributed by atoms with E-state index in [0.29, 0.717) is 18.1 Å². The molecule has 2 atom stereocenters. The minimum absolute atomic E-state index is 0.294. The maximum Gasteiger partial charge on any atom is 0.231 e. The summed E-state index contributed by atoms with van der Waals surface area (Å²) in [6, 6.07) is 11.7. The fraction of sp³-hybridized carbons (Fsp3) is 0.211. The Kier molecular flexibility index (Phi) is 3.80. The van der Waals surface area contributed by atoms with E-state index in [2.05, 4.69) is 20.6 Å². The van der Waals surface area contributed by atoms with Gasteiger partial charge in [-0.3, -0.25) is 4.79 Å². The number of pyridine rings is 2. The highest BCUT2D eigenvalue weighted by atomic mass is 19.1. The third kappa shape index (κ3) is 2.91. The van der Waals surface area contributed by atoms with Gasteiger partial charge < -0.3 is 10.6 Å². The molecule has 0 aliphatic heterocycles. The molecule has 1 fully saturated rings. The van der Waals surface area contributed by atoms with Crippen molar-refractivity contribution in [3.8, 4) is 11.1 Å². The Bertz CT molecular complexity index is 945. The molecule has 0 bridgehead atoms. The van der Waals surface area contributed by atoms with Crippen molar-refractivity contribution in [2.45, 2.75) is 12.6 Å². The Morgan fingerprint density at radius 2 is 1.92 bits per heavy atom. The molecule has 1 amide bonds. The Morgan fingerprint density at radius 1 is 1.16 bits per heavy atom. The second kappa shape index (κ2) is 6.12. The number of aromatic nitrogens is 2. The Labute approximate surface area is 144 Å². The molecule has 1 aromatic carbocycles. The van der Waals surface area contributed by atoms with Crippen LogP contribution in [0.15, 0.2) is 48.8 Å². The molecule has 2 heterocycles. The van der Waals surface area contributed by atoms with Gasteiger partial charge in [-0.1, -0.05) is 30.3 Å². The number of amides is 1. The monoisotopic (exact) mass is 336 g/mol. The van der Waals surface area contributed by atoms with Crippen LogP contribution in [-0.2, 0) is 4.79 Å². The van der Waals surface area contributed by atoms with Crippen molar-refractivity contribution in [3.05, 3.63) is 48.8 Å². The summed E-state index contributed by atoms with van der Waals surface area (Å²) in [4.78, 5) is 20.7. The lowest BCUT2D eigenvalue weighted by Gasteiger charge is -2.12. The molecule has 0 radical (unpaired) electrons. The summed E-state index contributed by atoms with van der Waals surface area (Å²) in [5.74, 6) is 0.271. The van der Waals surface area contributed by atoms with Gasteiger partial charge in [0.05, 0.1) is 5.92 Å². The minimum Gasteiger partial charge on any atom is -0.373 e. The van der Waals surface area contributed by atoms with E-state index in [1.807, 2.05) is 36.4 Å². The van der Waals surface area contributed by atoms with Crippen molar-refractivity contribution in [2.24, 2.45) is 5.92 Å². The van der Waals surface area contributed by atoms with Gasteiger partial charge in [-0.25, -0.2) is 14.4 Å². The SMILES string of the molecule is CNc1ncc(-c2ccccc2)c2cc(NC(=O)C3CC3F)ncc12. The Balaban J connectivity index is 1.79. The van der Waals surface area contributed by atoms with Crippen molar-refractivity contribution in [3.63, 3.8) is 0 Å². The number of nitrogens with one attached hydrogen (secondary N) is 2. The van der Waals surface area contributed by atoms with Crippen molar-refractivity contribution in [1.29, 1.82) is 0 Å². The van der Waals surface area contributed by atoms with Crippen molar-refractivity contribution < 1.29 is 9.18 Å². The van der Waals surface area contributed by atoms with Gasteiger partial charge in [0, 0.05) is 30.4 Å². The van der Waals surface area contributed by atoms with Gasteiger partial charge in [-0.05, 0) is 23.4 Å². The van der Waals surface area contributed by atoms with Crippen LogP contribution in [-0.4, -0.2) is 29.1 Å². The molecule has 0 saturated heterocycles. The van der Waals surface area contributed by atoms with E-state index in [9.17, 15) is 9.18 Å². The van der Waals surface area contributed by atoms with E-state index in [-0.39, 0.29) is 5.91 Å². The molecule has 2 unspecified atom stereocenters. The van der Waals surface area contributed by atoms with E-state index in [1.165, 1.54) is 0 Å². The number of halogens is 1. The number of benzene rings is 1. The van der Waals surface area contributed by atoms with Crippen LogP contribution in [0.4, 0.5) is 16.0 Å². The van der Waals surface area contributed by atoms with E-state index in [4.69, 9.17) is 0 Å². The topological polar surface area (TPSA) is 66.9 Å². The van der Waals surface area contributed by atoms with Crippen LogP contribution < -0.4 is 10.6 Å². The summed E-state index contributed by atoms with van der Waals surface area (Å²) < 4.78 is 13.1. The highest BCUT2D eigenvalue weighted by Crippen LogP contribution is 2.36. The molecule has 1 saturated carbocycles. The van der Waals surface area contributed by atoms with Gasteiger partial charge in [0.1, 0.15) is 17.8 Å². The first-order valence-corrected chi connectivity index (χ1v) is 8.14. The number of rotatable bonds is 4. The number of anilines is 2. The van der Waals surface area contributed by atoms with Gasteiger partial charge in [-0.15, -0.1) is 0 Å². The smallest absolute Gasteiger partial charge is 0.231 e. The zero-order valence-corrected chi connectivity index (χ0v) is 13.7. The predicted molar refractivity (Wildman–Crippen MR) is 96.2 cm³/mol. The van der Waals surface area contributed by atoms with Crippen LogP contribution in [0.5, 0.6) is 0 Å². The molecule has 5 nitrogen and oxygen atoms in total. The first-order valence-electron chi connectivity index (χ1n) is 8.14. The lowest BCUT2D eigenvalue weighted by atomic mass is 10.0. The molecule has 25 heavy (non-hydrogen) atoms. The van der Waals surface area contributed by atoms with Crippen LogP contribution in [0.25, 0.3) is 21.9 Å². The summed E-state index contributed by atoms with van der Waals surface area (Å²) in [7, 11) is 1.80. The number of alkyl halides is 1. The van der Waals surface area contributed by atoms with Crippen LogP contribution in [0.3, 0.4) is 0 Å². The van der Waals surface area contributed by atoms with Gasteiger partial charge in [-0.2, -0.15) is 0 Å². The Hall–Kier alpha value is -3.02. The fourth-order valence-electron chi connectivity index (χ4n) is 2.90. The lowest BCUT2D eigenvalue weighted by molar-refractivity contribution is -0.117. The van der Waals surface area contributed by atoms with E-state index < -0.39 is 12.1 Å². The highest BCUT2D eigenvalue weighted by molar-refractivity contribution is 6.03.